The Morgan fingerprint density at radius 3 is 2.52 bits per heavy atom. The van der Waals surface area contributed by atoms with E-state index in [9.17, 15) is 4.79 Å². The van der Waals surface area contributed by atoms with Gasteiger partial charge in [-0.1, -0.05) is 13.0 Å². The molecule has 1 unspecified atom stereocenters. The lowest BCUT2D eigenvalue weighted by Gasteiger charge is -2.16. The molecule has 0 amide bonds. The van der Waals surface area contributed by atoms with Gasteiger partial charge < -0.3 is 9.47 Å². The Balaban J connectivity index is 2.38. The third kappa shape index (κ3) is 3.24. The van der Waals surface area contributed by atoms with Gasteiger partial charge in [0.2, 0.25) is 0 Å². The van der Waals surface area contributed by atoms with E-state index in [2.05, 4.69) is 11.9 Å². The summed E-state index contributed by atoms with van der Waals surface area (Å²) < 4.78 is 10.6. The highest BCUT2D eigenvalue weighted by molar-refractivity contribution is 7.13. The van der Waals surface area contributed by atoms with Gasteiger partial charge in [0.05, 0.1) is 14.2 Å². The third-order valence-electron chi connectivity index (χ3n) is 3.39. The third-order valence-corrected chi connectivity index (χ3v) is 4.60. The van der Waals surface area contributed by atoms with E-state index in [4.69, 9.17) is 9.47 Å². The summed E-state index contributed by atoms with van der Waals surface area (Å²) in [4.78, 5) is 16.7. The number of nitrogens with zero attached hydrogens (tertiary/aromatic N) is 1. The topological polar surface area (TPSA) is 48.4 Å². The standard InChI is InChI=1S/C16H19NO3S/c1-5-12(15-9-17-16(21-15)10(2)18)11-6-7-13(19-3)14(8-11)20-4/h6-9,12H,5H2,1-4H3. The first kappa shape index (κ1) is 15.5. The van der Waals surface area contributed by atoms with E-state index >= 15 is 0 Å². The van der Waals surface area contributed by atoms with Gasteiger partial charge in [0.1, 0.15) is 0 Å². The van der Waals surface area contributed by atoms with Crippen molar-refractivity contribution in [3.63, 3.8) is 0 Å². The van der Waals surface area contributed by atoms with Crippen molar-refractivity contribution < 1.29 is 14.3 Å². The monoisotopic (exact) mass is 305 g/mol. The van der Waals surface area contributed by atoms with E-state index in [0.717, 1.165) is 16.9 Å². The quantitative estimate of drug-likeness (QED) is 0.759. The molecule has 0 N–H and O–H groups in total. The normalized spacial score (nSPS) is 12.0. The molecule has 2 aromatic rings. The minimum Gasteiger partial charge on any atom is -0.493 e. The molecule has 0 aliphatic heterocycles. The van der Waals surface area contributed by atoms with Gasteiger partial charge in [0, 0.05) is 23.9 Å². The van der Waals surface area contributed by atoms with Crippen LogP contribution in [0.1, 0.15) is 46.4 Å². The van der Waals surface area contributed by atoms with Crippen LogP contribution in [0.4, 0.5) is 0 Å². The molecular weight excluding hydrogens is 286 g/mol. The number of hydrogen-bond acceptors (Lipinski definition) is 5. The number of carbonyl (C=O) groups excluding carboxylic acids is 1. The van der Waals surface area contributed by atoms with E-state index in [-0.39, 0.29) is 11.7 Å². The van der Waals surface area contributed by atoms with Gasteiger partial charge in [-0.25, -0.2) is 4.98 Å². The number of Topliss-reactive ketones (excluding diaryl/α,β-unsaturated/α-hetero) is 1. The van der Waals surface area contributed by atoms with E-state index in [0.29, 0.717) is 16.5 Å². The summed E-state index contributed by atoms with van der Waals surface area (Å²) in [5.41, 5.74) is 1.13. The molecule has 1 heterocycles. The van der Waals surface area contributed by atoms with Crippen LogP contribution in [0.5, 0.6) is 11.5 Å². The molecular formula is C16H19NO3S. The molecule has 0 saturated heterocycles. The Labute approximate surface area is 128 Å². The Morgan fingerprint density at radius 2 is 2.00 bits per heavy atom. The highest BCUT2D eigenvalue weighted by Gasteiger charge is 2.18. The fraction of sp³-hybridized carbons (Fsp3) is 0.375. The van der Waals surface area contributed by atoms with Crippen molar-refractivity contribution in [3.05, 3.63) is 39.8 Å². The lowest BCUT2D eigenvalue weighted by Crippen LogP contribution is -1.99. The Kier molecular flexibility index (Phi) is 4.96. The van der Waals surface area contributed by atoms with Gasteiger partial charge >= 0.3 is 0 Å². The molecule has 21 heavy (non-hydrogen) atoms. The Morgan fingerprint density at radius 1 is 1.29 bits per heavy atom. The van der Waals surface area contributed by atoms with Crippen molar-refractivity contribution in [2.45, 2.75) is 26.2 Å². The predicted octanol–water partition coefficient (Wildman–Crippen LogP) is 3.90. The van der Waals surface area contributed by atoms with E-state index in [1.165, 1.54) is 11.3 Å². The maximum Gasteiger partial charge on any atom is 0.188 e. The predicted molar refractivity (Wildman–Crippen MR) is 83.8 cm³/mol. The van der Waals surface area contributed by atoms with Crippen LogP contribution >= 0.6 is 11.3 Å². The number of carbonyl (C=O) groups is 1. The average Bonchev–Trinajstić information content (AvgIpc) is 2.97. The van der Waals surface area contributed by atoms with Crippen LogP contribution in [-0.4, -0.2) is 25.0 Å². The molecule has 0 aliphatic rings. The molecule has 0 radical (unpaired) electrons. The lowest BCUT2D eigenvalue weighted by atomic mass is 9.95. The fourth-order valence-electron chi connectivity index (χ4n) is 2.28. The van der Waals surface area contributed by atoms with Crippen LogP contribution in [0.15, 0.2) is 24.4 Å². The summed E-state index contributed by atoms with van der Waals surface area (Å²) in [6, 6.07) is 5.92. The molecule has 0 aliphatic carbocycles. The molecule has 1 aromatic carbocycles. The summed E-state index contributed by atoms with van der Waals surface area (Å²) in [5.74, 6) is 1.64. The molecule has 4 nitrogen and oxygen atoms in total. The minimum absolute atomic E-state index is 0.00779. The Bertz CT molecular complexity index is 636. The number of ketones is 1. The maximum absolute atomic E-state index is 11.4. The summed E-state index contributed by atoms with van der Waals surface area (Å²) in [6.07, 6.45) is 2.72. The summed E-state index contributed by atoms with van der Waals surface area (Å²) in [6.45, 7) is 3.66. The second-order valence-corrected chi connectivity index (χ2v) is 5.76. The number of methoxy groups -OCH3 is 2. The molecule has 0 spiro atoms. The van der Waals surface area contributed by atoms with Crippen LogP contribution in [0.25, 0.3) is 0 Å². The lowest BCUT2D eigenvalue weighted by molar-refractivity contribution is 0.101. The molecule has 1 atom stereocenters. The molecule has 0 saturated carbocycles. The van der Waals surface area contributed by atoms with Gasteiger partial charge in [-0.15, -0.1) is 11.3 Å². The maximum atomic E-state index is 11.4. The highest BCUT2D eigenvalue weighted by atomic mass is 32.1. The van der Waals surface area contributed by atoms with Crippen molar-refractivity contribution in [2.24, 2.45) is 0 Å². The Hall–Kier alpha value is -1.88. The number of aromatic nitrogens is 1. The largest absolute Gasteiger partial charge is 0.493 e. The van der Waals surface area contributed by atoms with Gasteiger partial charge in [-0.3, -0.25) is 4.79 Å². The average molecular weight is 305 g/mol. The van der Waals surface area contributed by atoms with Crippen LogP contribution in [0, 0.1) is 0 Å². The SMILES string of the molecule is CCC(c1ccc(OC)c(OC)c1)c1cnc(C(C)=O)s1. The van der Waals surface area contributed by atoms with Gasteiger partial charge in [0.15, 0.2) is 22.3 Å². The zero-order chi connectivity index (χ0) is 15.4. The molecule has 5 heteroatoms. The highest BCUT2D eigenvalue weighted by Crippen LogP contribution is 2.36. The number of hydrogen-bond donors (Lipinski definition) is 0. The van der Waals surface area contributed by atoms with Crippen LogP contribution < -0.4 is 9.47 Å². The van der Waals surface area contributed by atoms with Gasteiger partial charge in [0.25, 0.3) is 0 Å². The van der Waals surface area contributed by atoms with Gasteiger partial charge in [-0.2, -0.15) is 0 Å². The van der Waals surface area contributed by atoms with Crippen molar-refractivity contribution in [1.29, 1.82) is 0 Å². The number of ether oxygens (including phenoxy) is 2. The van der Waals surface area contributed by atoms with Crippen molar-refractivity contribution >= 4 is 17.1 Å². The van der Waals surface area contributed by atoms with E-state index < -0.39 is 0 Å². The van der Waals surface area contributed by atoms with Crippen molar-refractivity contribution in [3.8, 4) is 11.5 Å². The van der Waals surface area contributed by atoms with Crippen LogP contribution in [-0.2, 0) is 0 Å². The smallest absolute Gasteiger partial charge is 0.188 e. The molecule has 0 fully saturated rings. The van der Waals surface area contributed by atoms with Crippen LogP contribution in [0.2, 0.25) is 0 Å². The minimum atomic E-state index is 0.00779. The van der Waals surface area contributed by atoms with E-state index in [1.54, 1.807) is 27.3 Å². The van der Waals surface area contributed by atoms with Crippen LogP contribution in [0.3, 0.4) is 0 Å². The second kappa shape index (κ2) is 6.72. The van der Waals surface area contributed by atoms with E-state index in [1.807, 2.05) is 18.2 Å². The summed E-state index contributed by atoms with van der Waals surface area (Å²) in [7, 11) is 3.25. The number of thiazole rings is 1. The fourth-order valence-corrected chi connectivity index (χ4v) is 3.30. The second-order valence-electron chi connectivity index (χ2n) is 4.70. The van der Waals surface area contributed by atoms with Gasteiger partial charge in [-0.05, 0) is 24.1 Å². The number of benzene rings is 1. The zero-order valence-corrected chi connectivity index (χ0v) is 13.5. The molecule has 2 rings (SSSR count). The molecule has 0 bridgehead atoms. The first-order chi connectivity index (χ1) is 10.1. The van der Waals surface area contributed by atoms with Crippen molar-refractivity contribution in [1.82, 2.24) is 4.98 Å². The summed E-state index contributed by atoms with van der Waals surface area (Å²) >= 11 is 1.46. The first-order valence-electron chi connectivity index (χ1n) is 6.79. The van der Waals surface area contributed by atoms with Crippen molar-refractivity contribution in [2.75, 3.05) is 14.2 Å². The molecule has 1 aromatic heterocycles. The summed E-state index contributed by atoms with van der Waals surface area (Å²) in [5, 5.41) is 0.559. The first-order valence-corrected chi connectivity index (χ1v) is 7.60. The zero-order valence-electron chi connectivity index (χ0n) is 12.7. The number of rotatable bonds is 6. The molecule has 112 valence electrons.